The maximum absolute atomic E-state index is 11.9. The first-order valence-corrected chi connectivity index (χ1v) is 8.41. The first-order valence-electron chi connectivity index (χ1n) is 8.03. The maximum Gasteiger partial charge on any atom is 0.240 e. The number of hydrazone groups is 1. The highest BCUT2D eigenvalue weighted by Crippen LogP contribution is 2.21. The molecule has 2 aromatic rings. The third-order valence-corrected chi connectivity index (χ3v) is 3.83. The number of hydrogen-bond donors (Lipinski definition) is 2. The molecule has 0 aliphatic rings. The number of anilines is 1. The van der Waals surface area contributed by atoms with Crippen LogP contribution in [-0.4, -0.2) is 18.2 Å². The average Bonchev–Trinajstić information content (AvgIpc) is 2.58. The molecule has 132 valence electrons. The molecular formula is C19H22ClN3O2. The molecule has 0 fully saturated rings. The minimum absolute atomic E-state index is 0.153. The lowest BCUT2D eigenvalue weighted by molar-refractivity contribution is -0.121. The molecule has 0 heterocycles. The number of nitrogens with zero attached hydrogens (tertiary/aromatic N) is 1. The van der Waals surface area contributed by atoms with Crippen molar-refractivity contribution in [2.75, 3.05) is 12.3 Å². The van der Waals surface area contributed by atoms with Crippen molar-refractivity contribution in [3.63, 3.8) is 0 Å². The average molecular weight is 360 g/mol. The molecule has 6 heteroatoms. The van der Waals surface area contributed by atoms with Crippen molar-refractivity contribution in [3.8, 4) is 5.75 Å². The van der Waals surface area contributed by atoms with Gasteiger partial charge in [0.15, 0.2) is 0 Å². The summed E-state index contributed by atoms with van der Waals surface area (Å²) in [6, 6.07) is 12.8. The standard InChI is InChI=1S/C19H22ClN3O2/c1-13-11-16(20)8-9-18(13)25-10-4-7-19(24)23-22-14(2)15-5-3-6-17(21)12-15/h3,5-6,8-9,11-12H,4,7,10,21H2,1-2H3,(H,23,24). The summed E-state index contributed by atoms with van der Waals surface area (Å²) in [5, 5.41) is 4.78. The Morgan fingerprint density at radius 1 is 1.28 bits per heavy atom. The van der Waals surface area contributed by atoms with Crippen LogP contribution in [0.2, 0.25) is 5.02 Å². The van der Waals surface area contributed by atoms with Crippen LogP contribution in [0.3, 0.4) is 0 Å². The van der Waals surface area contributed by atoms with Gasteiger partial charge in [-0.2, -0.15) is 5.10 Å². The van der Waals surface area contributed by atoms with Crippen LogP contribution in [0, 0.1) is 6.92 Å². The first-order chi connectivity index (χ1) is 12.0. The molecule has 2 aromatic carbocycles. The number of halogens is 1. The summed E-state index contributed by atoms with van der Waals surface area (Å²) in [7, 11) is 0. The lowest BCUT2D eigenvalue weighted by Crippen LogP contribution is -2.19. The molecule has 25 heavy (non-hydrogen) atoms. The Labute approximate surface area is 152 Å². The van der Waals surface area contributed by atoms with E-state index in [1.165, 1.54) is 0 Å². The molecule has 5 nitrogen and oxygen atoms in total. The van der Waals surface area contributed by atoms with Crippen molar-refractivity contribution in [1.82, 2.24) is 5.43 Å². The van der Waals surface area contributed by atoms with Gasteiger partial charge in [0.1, 0.15) is 5.75 Å². The molecule has 0 spiro atoms. The van der Waals surface area contributed by atoms with Gasteiger partial charge in [-0.3, -0.25) is 4.79 Å². The first kappa shape index (κ1) is 18.8. The van der Waals surface area contributed by atoms with Gasteiger partial charge in [-0.05, 0) is 61.7 Å². The van der Waals surface area contributed by atoms with E-state index in [1.807, 2.05) is 44.2 Å². The van der Waals surface area contributed by atoms with Crippen LogP contribution >= 0.6 is 11.6 Å². The number of carbonyl (C=O) groups excluding carboxylic acids is 1. The molecule has 0 unspecified atom stereocenters. The van der Waals surface area contributed by atoms with Crippen molar-refractivity contribution in [3.05, 3.63) is 58.6 Å². The van der Waals surface area contributed by atoms with E-state index in [-0.39, 0.29) is 5.91 Å². The Bertz CT molecular complexity index is 775. The molecule has 2 rings (SSSR count). The van der Waals surface area contributed by atoms with Crippen LogP contribution in [0.5, 0.6) is 5.75 Å². The van der Waals surface area contributed by atoms with Crippen molar-refractivity contribution < 1.29 is 9.53 Å². The zero-order valence-corrected chi connectivity index (χ0v) is 15.1. The molecule has 0 saturated carbocycles. The highest BCUT2D eigenvalue weighted by molar-refractivity contribution is 6.30. The van der Waals surface area contributed by atoms with Gasteiger partial charge in [0, 0.05) is 17.1 Å². The van der Waals surface area contributed by atoms with E-state index < -0.39 is 0 Å². The Kier molecular flexibility index (Phi) is 6.83. The van der Waals surface area contributed by atoms with Crippen molar-refractivity contribution >= 4 is 28.9 Å². The monoisotopic (exact) mass is 359 g/mol. The smallest absolute Gasteiger partial charge is 0.240 e. The largest absolute Gasteiger partial charge is 0.493 e. The lowest BCUT2D eigenvalue weighted by Gasteiger charge is -2.09. The molecule has 1 amide bonds. The summed E-state index contributed by atoms with van der Waals surface area (Å²) in [4.78, 5) is 11.9. The molecule has 0 aliphatic carbocycles. The van der Waals surface area contributed by atoms with Gasteiger partial charge in [0.05, 0.1) is 12.3 Å². The second-order valence-corrected chi connectivity index (χ2v) is 6.16. The predicted octanol–water partition coefficient (Wildman–Crippen LogP) is 3.93. The Hall–Kier alpha value is -2.53. The van der Waals surface area contributed by atoms with Crippen LogP contribution in [-0.2, 0) is 4.79 Å². The number of nitrogens with two attached hydrogens (primary N) is 1. The van der Waals surface area contributed by atoms with E-state index in [1.54, 1.807) is 12.1 Å². The summed E-state index contributed by atoms with van der Waals surface area (Å²) in [5.74, 6) is 0.625. The summed E-state index contributed by atoms with van der Waals surface area (Å²) in [5.41, 5.74) is 11.5. The number of nitrogens with one attached hydrogen (secondary N) is 1. The molecule has 3 N–H and O–H groups in total. The van der Waals surface area contributed by atoms with Crippen LogP contribution in [0.25, 0.3) is 0 Å². The predicted molar refractivity (Wildman–Crippen MR) is 102 cm³/mol. The topological polar surface area (TPSA) is 76.7 Å². The zero-order valence-electron chi connectivity index (χ0n) is 14.4. The Morgan fingerprint density at radius 2 is 2.08 bits per heavy atom. The number of carbonyl (C=O) groups is 1. The SMILES string of the molecule is CC(=NNC(=O)CCCOc1ccc(Cl)cc1C)c1cccc(N)c1. The second kappa shape index (κ2) is 9.08. The number of aryl methyl sites for hydroxylation is 1. The highest BCUT2D eigenvalue weighted by Gasteiger charge is 2.04. The summed E-state index contributed by atoms with van der Waals surface area (Å²) >= 11 is 5.91. The zero-order chi connectivity index (χ0) is 18.2. The van der Waals surface area contributed by atoms with E-state index in [9.17, 15) is 4.79 Å². The molecule has 0 aromatic heterocycles. The number of nitrogen functional groups attached to an aromatic ring is 1. The molecule has 0 atom stereocenters. The number of benzene rings is 2. The van der Waals surface area contributed by atoms with Gasteiger partial charge in [0.25, 0.3) is 0 Å². The number of ether oxygens (including phenoxy) is 1. The fourth-order valence-corrected chi connectivity index (χ4v) is 2.45. The van der Waals surface area contributed by atoms with Crippen molar-refractivity contribution in [2.24, 2.45) is 5.10 Å². The Morgan fingerprint density at radius 3 is 2.80 bits per heavy atom. The van der Waals surface area contributed by atoms with Crippen LogP contribution < -0.4 is 15.9 Å². The van der Waals surface area contributed by atoms with Gasteiger partial charge in [-0.25, -0.2) is 5.43 Å². The van der Waals surface area contributed by atoms with E-state index >= 15 is 0 Å². The highest BCUT2D eigenvalue weighted by atomic mass is 35.5. The van der Waals surface area contributed by atoms with E-state index in [0.717, 1.165) is 16.9 Å². The van der Waals surface area contributed by atoms with Gasteiger partial charge < -0.3 is 10.5 Å². The number of hydrogen-bond acceptors (Lipinski definition) is 4. The van der Waals surface area contributed by atoms with Gasteiger partial charge in [-0.15, -0.1) is 0 Å². The fraction of sp³-hybridized carbons (Fsp3) is 0.263. The number of rotatable bonds is 7. The fourth-order valence-electron chi connectivity index (χ4n) is 2.22. The van der Waals surface area contributed by atoms with E-state index in [2.05, 4.69) is 10.5 Å². The third-order valence-electron chi connectivity index (χ3n) is 3.60. The van der Waals surface area contributed by atoms with Gasteiger partial charge >= 0.3 is 0 Å². The molecule has 0 saturated heterocycles. The third kappa shape index (κ3) is 6.12. The minimum atomic E-state index is -0.153. The quantitative estimate of drug-likeness (QED) is 0.340. The summed E-state index contributed by atoms with van der Waals surface area (Å²) < 4.78 is 5.66. The van der Waals surface area contributed by atoms with Crippen LogP contribution in [0.4, 0.5) is 5.69 Å². The van der Waals surface area contributed by atoms with Crippen molar-refractivity contribution in [1.29, 1.82) is 0 Å². The van der Waals surface area contributed by atoms with Gasteiger partial charge in [-0.1, -0.05) is 23.7 Å². The van der Waals surface area contributed by atoms with Gasteiger partial charge in [0.2, 0.25) is 5.91 Å². The second-order valence-electron chi connectivity index (χ2n) is 5.72. The van der Waals surface area contributed by atoms with E-state index in [0.29, 0.717) is 35.9 Å². The van der Waals surface area contributed by atoms with Crippen LogP contribution in [0.15, 0.2) is 47.6 Å². The molecular weight excluding hydrogens is 338 g/mol. The molecule has 0 radical (unpaired) electrons. The van der Waals surface area contributed by atoms with Crippen molar-refractivity contribution in [2.45, 2.75) is 26.7 Å². The van der Waals surface area contributed by atoms with E-state index in [4.69, 9.17) is 22.1 Å². The Balaban J connectivity index is 1.74. The summed E-state index contributed by atoms with van der Waals surface area (Å²) in [6.07, 6.45) is 0.932. The van der Waals surface area contributed by atoms with Crippen LogP contribution in [0.1, 0.15) is 30.9 Å². The number of amides is 1. The lowest BCUT2D eigenvalue weighted by atomic mass is 10.1. The molecule has 0 bridgehead atoms. The normalized spacial score (nSPS) is 11.2. The summed E-state index contributed by atoms with van der Waals surface area (Å²) in [6.45, 7) is 4.21. The molecule has 0 aliphatic heterocycles. The minimum Gasteiger partial charge on any atom is -0.493 e. The maximum atomic E-state index is 11.9.